The Labute approximate surface area is 210 Å². The van der Waals surface area contributed by atoms with Crippen molar-refractivity contribution in [2.75, 3.05) is 5.32 Å². The van der Waals surface area contributed by atoms with Crippen molar-refractivity contribution in [2.45, 2.75) is 6.18 Å². The second-order valence-electron chi connectivity index (χ2n) is 7.89. The number of carboxylic acid groups (broad SMARTS) is 1. The third kappa shape index (κ3) is 4.52. The van der Waals surface area contributed by atoms with Gasteiger partial charge in [0.1, 0.15) is 16.9 Å². The van der Waals surface area contributed by atoms with Crippen LogP contribution in [0.4, 0.5) is 23.4 Å². The molecule has 0 aliphatic heterocycles. The first-order valence-corrected chi connectivity index (χ1v) is 10.8. The van der Waals surface area contributed by atoms with E-state index in [1.54, 1.807) is 30.3 Å². The van der Waals surface area contributed by atoms with E-state index >= 15 is 0 Å². The Bertz CT molecular complexity index is 1690. The molecule has 190 valence electrons. The largest absolute Gasteiger partial charge is 0.478 e. The van der Waals surface area contributed by atoms with E-state index in [0.29, 0.717) is 5.69 Å². The van der Waals surface area contributed by atoms with Gasteiger partial charge < -0.3 is 10.4 Å². The summed E-state index contributed by atoms with van der Waals surface area (Å²) in [5, 5.41) is 16.1. The van der Waals surface area contributed by atoms with Gasteiger partial charge in [-0.1, -0.05) is 18.2 Å². The van der Waals surface area contributed by atoms with Crippen molar-refractivity contribution in [3.63, 3.8) is 0 Å². The lowest BCUT2D eigenvalue weighted by molar-refractivity contribution is -0.137. The van der Waals surface area contributed by atoms with Gasteiger partial charge in [0.2, 0.25) is 0 Å². The number of aromatic carboxylic acids is 1. The number of carboxylic acids is 1. The summed E-state index contributed by atoms with van der Waals surface area (Å²) in [6.45, 7) is 0. The van der Waals surface area contributed by atoms with E-state index in [9.17, 15) is 32.3 Å². The third-order valence-corrected chi connectivity index (χ3v) is 5.45. The van der Waals surface area contributed by atoms with Gasteiger partial charge >= 0.3 is 12.1 Å². The van der Waals surface area contributed by atoms with E-state index in [4.69, 9.17) is 0 Å². The number of alkyl halides is 3. The highest BCUT2D eigenvalue weighted by Gasteiger charge is 2.36. The van der Waals surface area contributed by atoms with Crippen molar-refractivity contribution in [1.82, 2.24) is 24.7 Å². The number of halogens is 4. The number of benzene rings is 2. The SMILES string of the molecule is O=C(O)c1cnc2c(NC(=O)c3cc(-c4ncccn4)c(C(F)(F)F)cc3F)n(-c3ccccc3)nc2c1. The molecule has 0 unspecified atom stereocenters. The maximum Gasteiger partial charge on any atom is 0.417 e. The Hall–Kier alpha value is -5.20. The number of hydrogen-bond donors (Lipinski definition) is 2. The predicted octanol–water partition coefficient (Wildman–Crippen LogP) is 4.99. The number of anilines is 1. The molecule has 0 bridgehead atoms. The predicted molar refractivity (Wildman–Crippen MR) is 126 cm³/mol. The standard InChI is InChI=1S/C25H14F4N6O3/c26-18-11-17(25(27,28)29)15(21-30-7-4-8-31-21)10-16(18)23(36)33-22-20-19(9-13(12-32-20)24(37)38)34-35(22)14-5-2-1-3-6-14/h1-12H,(H,33,36)(H,37,38). The fourth-order valence-corrected chi connectivity index (χ4v) is 3.73. The van der Waals surface area contributed by atoms with Crippen molar-refractivity contribution >= 4 is 28.7 Å². The number of hydrogen-bond acceptors (Lipinski definition) is 6. The van der Waals surface area contributed by atoms with Crippen molar-refractivity contribution in [3.05, 3.63) is 95.7 Å². The monoisotopic (exact) mass is 522 g/mol. The molecule has 5 aromatic rings. The highest BCUT2D eigenvalue weighted by molar-refractivity contribution is 6.08. The maximum absolute atomic E-state index is 14.9. The number of nitrogens with one attached hydrogen (secondary N) is 1. The first-order valence-electron chi connectivity index (χ1n) is 10.8. The minimum Gasteiger partial charge on any atom is -0.478 e. The zero-order valence-corrected chi connectivity index (χ0v) is 18.9. The molecule has 0 fully saturated rings. The second-order valence-corrected chi connectivity index (χ2v) is 7.89. The summed E-state index contributed by atoms with van der Waals surface area (Å²) in [4.78, 5) is 36.3. The van der Waals surface area contributed by atoms with Gasteiger partial charge in [0.15, 0.2) is 11.6 Å². The summed E-state index contributed by atoms with van der Waals surface area (Å²) in [7, 11) is 0. The number of pyridine rings is 1. The van der Waals surface area contributed by atoms with Crippen LogP contribution in [0.5, 0.6) is 0 Å². The van der Waals surface area contributed by atoms with Crippen LogP contribution >= 0.6 is 0 Å². The van der Waals surface area contributed by atoms with E-state index in [-0.39, 0.29) is 34.3 Å². The van der Waals surface area contributed by atoms with E-state index in [0.717, 1.165) is 12.3 Å². The van der Waals surface area contributed by atoms with Crippen LogP contribution in [-0.2, 0) is 6.18 Å². The quantitative estimate of drug-likeness (QED) is 0.312. The van der Waals surface area contributed by atoms with Gasteiger partial charge in [0.25, 0.3) is 5.91 Å². The average Bonchev–Trinajstić information content (AvgIpc) is 3.26. The lowest BCUT2D eigenvalue weighted by atomic mass is 10.0. The number of rotatable bonds is 5. The zero-order chi connectivity index (χ0) is 27.0. The molecule has 1 amide bonds. The van der Waals surface area contributed by atoms with Gasteiger partial charge in [-0.15, -0.1) is 0 Å². The Morgan fingerprint density at radius 2 is 1.66 bits per heavy atom. The highest BCUT2D eigenvalue weighted by atomic mass is 19.4. The summed E-state index contributed by atoms with van der Waals surface area (Å²) >= 11 is 0. The number of carbonyl (C=O) groups is 2. The molecule has 9 nitrogen and oxygen atoms in total. The molecule has 3 aromatic heterocycles. The lowest BCUT2D eigenvalue weighted by Crippen LogP contribution is -2.19. The van der Waals surface area contributed by atoms with Crippen molar-refractivity contribution < 1.29 is 32.3 Å². The maximum atomic E-state index is 14.9. The minimum absolute atomic E-state index is 0.0510. The first kappa shape index (κ1) is 24.5. The molecule has 0 aliphatic carbocycles. The van der Waals surface area contributed by atoms with Gasteiger partial charge in [-0.25, -0.2) is 28.8 Å². The Morgan fingerprint density at radius 3 is 2.32 bits per heavy atom. The molecule has 5 rings (SSSR count). The van der Waals surface area contributed by atoms with Crippen LogP contribution in [0.2, 0.25) is 0 Å². The van der Waals surface area contributed by atoms with Gasteiger partial charge in [-0.2, -0.15) is 18.3 Å². The molecule has 0 radical (unpaired) electrons. The fourth-order valence-electron chi connectivity index (χ4n) is 3.73. The molecule has 0 saturated heterocycles. The van der Waals surface area contributed by atoms with Crippen LogP contribution in [0.1, 0.15) is 26.3 Å². The van der Waals surface area contributed by atoms with Crippen LogP contribution in [0.3, 0.4) is 0 Å². The molecule has 0 aliphatic rings. The Morgan fingerprint density at radius 1 is 0.947 bits per heavy atom. The summed E-state index contributed by atoms with van der Waals surface area (Å²) in [5.74, 6) is -4.18. The van der Waals surface area contributed by atoms with E-state index in [2.05, 4.69) is 25.4 Å². The van der Waals surface area contributed by atoms with Crippen LogP contribution in [-0.4, -0.2) is 41.7 Å². The molecule has 0 spiro atoms. The fraction of sp³-hybridized carbons (Fsp3) is 0.0400. The number of carbonyl (C=O) groups excluding carboxylic acids is 1. The van der Waals surface area contributed by atoms with Crippen LogP contribution in [0.25, 0.3) is 28.1 Å². The topological polar surface area (TPSA) is 123 Å². The van der Waals surface area contributed by atoms with Crippen LogP contribution in [0.15, 0.2) is 73.2 Å². The number of amides is 1. The van der Waals surface area contributed by atoms with Crippen molar-refractivity contribution in [2.24, 2.45) is 0 Å². The molecule has 2 N–H and O–H groups in total. The van der Waals surface area contributed by atoms with Gasteiger partial charge in [0, 0.05) is 24.2 Å². The summed E-state index contributed by atoms with van der Waals surface area (Å²) in [6.07, 6.45) is -1.46. The summed E-state index contributed by atoms with van der Waals surface area (Å²) in [5.41, 5.74) is -2.17. The molecule has 0 atom stereocenters. The van der Waals surface area contributed by atoms with E-state index in [1.807, 2.05) is 0 Å². The molecule has 0 saturated carbocycles. The van der Waals surface area contributed by atoms with Gasteiger partial charge in [-0.05, 0) is 36.4 Å². The molecule has 3 heterocycles. The lowest BCUT2D eigenvalue weighted by Gasteiger charge is -2.15. The third-order valence-electron chi connectivity index (χ3n) is 5.45. The highest BCUT2D eigenvalue weighted by Crippen LogP contribution is 2.37. The number of nitrogens with zero attached hydrogens (tertiary/aromatic N) is 5. The van der Waals surface area contributed by atoms with E-state index in [1.165, 1.54) is 29.2 Å². The molecular formula is C25H14F4N6O3. The van der Waals surface area contributed by atoms with Crippen molar-refractivity contribution in [1.29, 1.82) is 0 Å². The Balaban J connectivity index is 1.64. The zero-order valence-electron chi connectivity index (χ0n) is 18.9. The van der Waals surface area contributed by atoms with Gasteiger partial charge in [0.05, 0.1) is 22.4 Å². The summed E-state index contributed by atoms with van der Waals surface area (Å²) in [6, 6.07) is 12.0. The minimum atomic E-state index is -4.95. The molecule has 13 heteroatoms. The molecule has 2 aromatic carbocycles. The first-order chi connectivity index (χ1) is 18.1. The number of aromatic nitrogens is 5. The van der Waals surface area contributed by atoms with Crippen LogP contribution < -0.4 is 5.32 Å². The van der Waals surface area contributed by atoms with Crippen LogP contribution in [0, 0.1) is 5.82 Å². The number of fused-ring (bicyclic) bond motifs is 1. The summed E-state index contributed by atoms with van der Waals surface area (Å²) < 4.78 is 57.2. The molecule has 38 heavy (non-hydrogen) atoms. The van der Waals surface area contributed by atoms with E-state index < -0.39 is 40.6 Å². The average molecular weight is 522 g/mol. The second kappa shape index (κ2) is 9.35. The number of para-hydroxylation sites is 1. The molecular weight excluding hydrogens is 508 g/mol. The normalized spacial score (nSPS) is 11.5. The van der Waals surface area contributed by atoms with Crippen molar-refractivity contribution in [3.8, 4) is 17.1 Å². The van der Waals surface area contributed by atoms with Gasteiger partial charge in [-0.3, -0.25) is 4.79 Å². The Kier molecular flexibility index (Phi) is 6.03. The smallest absolute Gasteiger partial charge is 0.417 e.